The minimum absolute atomic E-state index is 0.0369. The lowest BCUT2D eigenvalue weighted by atomic mass is 9.85. The van der Waals surface area contributed by atoms with Gasteiger partial charge >= 0.3 is 6.09 Å². The lowest BCUT2D eigenvalue weighted by Gasteiger charge is -2.36. The van der Waals surface area contributed by atoms with Crippen LogP contribution < -0.4 is 15.0 Å². The number of halogens is 2. The number of hydrogen-bond acceptors (Lipinski definition) is 11. The van der Waals surface area contributed by atoms with Crippen LogP contribution in [0.2, 0.25) is 0 Å². The number of piperidine rings is 1. The molecule has 1 atom stereocenters. The van der Waals surface area contributed by atoms with Crippen molar-refractivity contribution in [3.8, 4) is 5.75 Å². The normalized spacial score (nSPS) is 16.7. The summed E-state index contributed by atoms with van der Waals surface area (Å²) in [5.74, 6) is -2.84. The van der Waals surface area contributed by atoms with Crippen LogP contribution in [0.15, 0.2) is 36.4 Å². The smallest absolute Gasteiger partial charge is 0.410 e. The molecule has 2 fully saturated rings. The fraction of sp³-hybridized carbons (Fsp3) is 0.625. The van der Waals surface area contributed by atoms with E-state index < -0.39 is 39.7 Å². The van der Waals surface area contributed by atoms with Gasteiger partial charge in [0.05, 0.1) is 49.3 Å². The van der Waals surface area contributed by atoms with Crippen molar-refractivity contribution < 1.29 is 40.4 Å². The number of benzene rings is 2. The molecule has 1 N–H and O–H groups in total. The Hall–Kier alpha value is -3.82. The largest absolute Gasteiger partial charge is 0.493 e. The van der Waals surface area contributed by atoms with E-state index in [0.29, 0.717) is 49.1 Å². The summed E-state index contributed by atoms with van der Waals surface area (Å²) in [6.07, 6.45) is 2.95. The average Bonchev–Trinajstić information content (AvgIpc) is 3.16. The van der Waals surface area contributed by atoms with Gasteiger partial charge in [0.15, 0.2) is 5.82 Å². The third kappa shape index (κ3) is 11.4. The van der Waals surface area contributed by atoms with Crippen LogP contribution in [0.1, 0.15) is 96.0 Å². The van der Waals surface area contributed by atoms with Gasteiger partial charge in [-0.3, -0.25) is 4.18 Å². The number of hydrogen-bond donors (Lipinski definition) is 1. The first kappa shape index (κ1) is 42.3. The molecule has 5 rings (SSSR count). The van der Waals surface area contributed by atoms with Crippen LogP contribution in [0.5, 0.6) is 5.75 Å². The highest BCUT2D eigenvalue weighted by molar-refractivity contribution is 7.86. The molecule has 55 heavy (non-hydrogen) atoms. The molecular weight excluding hydrogens is 733 g/mol. The number of ether oxygens (including phenoxy) is 3. The number of morpholine rings is 1. The molecule has 0 bridgehead atoms. The second-order valence-corrected chi connectivity index (χ2v) is 17.3. The number of fused-ring (bicyclic) bond motifs is 1. The predicted molar refractivity (Wildman–Crippen MR) is 210 cm³/mol. The highest BCUT2D eigenvalue weighted by Gasteiger charge is 2.44. The van der Waals surface area contributed by atoms with Crippen LogP contribution in [0, 0.1) is 12.8 Å². The molecule has 0 unspecified atom stereocenters. The summed E-state index contributed by atoms with van der Waals surface area (Å²) in [6.45, 7) is 14.4. The first-order chi connectivity index (χ1) is 26.1. The third-order valence-corrected chi connectivity index (χ3v) is 11.3. The van der Waals surface area contributed by atoms with Crippen molar-refractivity contribution in [2.24, 2.45) is 5.92 Å². The minimum Gasteiger partial charge on any atom is -0.493 e. The zero-order valence-corrected chi connectivity index (χ0v) is 33.9. The predicted octanol–water partition coefficient (Wildman–Crippen LogP) is 7.99. The van der Waals surface area contributed by atoms with Gasteiger partial charge in [0.1, 0.15) is 11.4 Å². The summed E-state index contributed by atoms with van der Waals surface area (Å²) in [6, 6.07) is 10.2. The molecule has 0 radical (unpaired) electrons. The van der Waals surface area contributed by atoms with E-state index in [1.54, 1.807) is 39.8 Å². The molecule has 0 aliphatic carbocycles. The number of unbranched alkanes of at least 4 members (excludes halogenated alkanes) is 3. The van der Waals surface area contributed by atoms with Crippen molar-refractivity contribution in [3.05, 3.63) is 53.2 Å². The van der Waals surface area contributed by atoms with E-state index in [1.807, 2.05) is 26.0 Å². The van der Waals surface area contributed by atoms with Crippen molar-refractivity contribution in [2.75, 3.05) is 68.6 Å². The first-order valence-corrected chi connectivity index (χ1v) is 21.0. The van der Waals surface area contributed by atoms with Crippen LogP contribution >= 0.6 is 0 Å². The standard InChI is InChI=1S/C40H57F2N5O7S/c1-7-55(49,50)53-22-11-9-8-10-21-52-35-27-33(46-19-23-51-24-20-46)26-34-36(35)29(3)44-45-37(34)43-28(2)30-13-12-14-32(25-30)40(41,42)31-15-17-47(18-16-31)38(48)54-39(4,5)6/h12-14,25-28,31H,7-11,15-24H2,1-6H3,(H,43,45)/t28-/m1/s1. The molecular formula is C40H57F2N5O7S. The Kier molecular flexibility index (Phi) is 14.2. The third-order valence-electron chi connectivity index (χ3n) is 10.1. The van der Waals surface area contributed by atoms with Gasteiger partial charge in [-0.2, -0.15) is 13.5 Å². The van der Waals surface area contributed by atoms with E-state index in [-0.39, 0.29) is 43.9 Å². The molecule has 0 spiro atoms. The number of amides is 1. The Bertz CT molecular complexity index is 1860. The van der Waals surface area contributed by atoms with Gasteiger partial charge < -0.3 is 29.3 Å². The molecule has 12 nitrogen and oxygen atoms in total. The Morgan fingerprint density at radius 1 is 1.00 bits per heavy atom. The van der Waals surface area contributed by atoms with Crippen molar-refractivity contribution in [3.63, 3.8) is 0 Å². The highest BCUT2D eigenvalue weighted by Crippen LogP contribution is 2.43. The zero-order chi connectivity index (χ0) is 39.8. The van der Waals surface area contributed by atoms with Crippen LogP contribution in [0.25, 0.3) is 10.8 Å². The van der Waals surface area contributed by atoms with Crippen molar-refractivity contribution >= 4 is 38.5 Å². The number of nitrogens with one attached hydrogen (secondary N) is 1. The fourth-order valence-corrected chi connectivity index (χ4v) is 7.45. The maximum absolute atomic E-state index is 16.1. The van der Waals surface area contributed by atoms with Gasteiger partial charge in [-0.15, -0.1) is 5.10 Å². The van der Waals surface area contributed by atoms with Crippen LogP contribution in [0.3, 0.4) is 0 Å². The molecule has 304 valence electrons. The molecule has 2 aliphatic rings. The number of anilines is 2. The molecule has 1 aromatic heterocycles. The molecule has 0 saturated carbocycles. The van der Waals surface area contributed by atoms with Gasteiger partial charge in [-0.25, -0.2) is 13.6 Å². The number of aryl methyl sites for hydroxylation is 1. The summed E-state index contributed by atoms with van der Waals surface area (Å²) in [7, 11) is -3.43. The quantitative estimate of drug-likeness (QED) is 0.112. The van der Waals surface area contributed by atoms with Crippen molar-refractivity contribution in [1.82, 2.24) is 15.1 Å². The second-order valence-electron chi connectivity index (χ2n) is 15.4. The average molecular weight is 790 g/mol. The summed E-state index contributed by atoms with van der Waals surface area (Å²) >= 11 is 0. The Labute approximate surface area is 324 Å². The Morgan fingerprint density at radius 3 is 2.36 bits per heavy atom. The van der Waals surface area contributed by atoms with E-state index in [1.165, 1.54) is 11.0 Å². The van der Waals surface area contributed by atoms with Crippen LogP contribution in [-0.4, -0.2) is 93.6 Å². The Morgan fingerprint density at radius 2 is 1.69 bits per heavy atom. The summed E-state index contributed by atoms with van der Waals surface area (Å²) in [5.41, 5.74) is 1.63. The monoisotopic (exact) mass is 789 g/mol. The SMILES string of the molecule is CCS(=O)(=O)OCCCCCCOc1cc(N2CCOCC2)cc2c(N[C@H](C)c3cccc(C(F)(F)C4CCN(C(=O)OC(C)(C)C)CC4)c3)nnc(C)c12. The number of likely N-dealkylation sites (tertiary alicyclic amines) is 1. The van der Waals surface area contributed by atoms with Gasteiger partial charge in [0.25, 0.3) is 16.0 Å². The number of rotatable bonds is 16. The molecule has 2 saturated heterocycles. The van der Waals surface area contributed by atoms with E-state index in [9.17, 15) is 13.2 Å². The van der Waals surface area contributed by atoms with E-state index in [4.69, 9.17) is 18.4 Å². The van der Waals surface area contributed by atoms with Crippen molar-refractivity contribution in [1.29, 1.82) is 0 Å². The maximum atomic E-state index is 16.1. The van der Waals surface area contributed by atoms with Crippen molar-refractivity contribution in [2.45, 2.75) is 97.6 Å². The summed E-state index contributed by atoms with van der Waals surface area (Å²) in [5, 5.41) is 14.1. The van der Waals surface area contributed by atoms with Gasteiger partial charge in [0.2, 0.25) is 0 Å². The van der Waals surface area contributed by atoms with E-state index >= 15 is 8.78 Å². The first-order valence-electron chi connectivity index (χ1n) is 19.4. The zero-order valence-electron chi connectivity index (χ0n) is 33.0. The van der Waals surface area contributed by atoms with Gasteiger partial charge in [-0.05, 0) is 91.3 Å². The molecule has 2 aromatic carbocycles. The molecule has 2 aliphatic heterocycles. The Balaban J connectivity index is 1.30. The minimum atomic E-state index is -3.43. The van der Waals surface area contributed by atoms with E-state index in [0.717, 1.165) is 48.8 Å². The fourth-order valence-electron chi connectivity index (χ4n) is 6.91. The van der Waals surface area contributed by atoms with Gasteiger partial charge in [0, 0.05) is 54.8 Å². The summed E-state index contributed by atoms with van der Waals surface area (Å²) in [4.78, 5) is 16.3. The molecule has 1 amide bonds. The summed E-state index contributed by atoms with van der Waals surface area (Å²) < 4.78 is 77.7. The maximum Gasteiger partial charge on any atom is 0.410 e. The number of alkyl halides is 2. The molecule has 15 heteroatoms. The second kappa shape index (κ2) is 18.4. The number of carbonyl (C=O) groups excluding carboxylic acids is 1. The van der Waals surface area contributed by atoms with Crippen LogP contribution in [-0.2, 0) is 29.7 Å². The van der Waals surface area contributed by atoms with Gasteiger partial charge in [-0.1, -0.05) is 24.6 Å². The highest BCUT2D eigenvalue weighted by atomic mass is 32.2. The molecule has 3 heterocycles. The topological polar surface area (TPSA) is 132 Å². The molecule has 3 aromatic rings. The lowest BCUT2D eigenvalue weighted by molar-refractivity contribution is -0.0861. The number of aromatic nitrogens is 2. The lowest BCUT2D eigenvalue weighted by Crippen LogP contribution is -2.44. The van der Waals surface area contributed by atoms with E-state index in [2.05, 4.69) is 26.5 Å². The van der Waals surface area contributed by atoms with Crippen LogP contribution in [0.4, 0.5) is 25.1 Å². The number of carbonyl (C=O) groups is 1. The number of nitrogens with zero attached hydrogens (tertiary/aromatic N) is 4.